The van der Waals surface area contributed by atoms with Crippen molar-refractivity contribution >= 4 is 29.2 Å². The summed E-state index contributed by atoms with van der Waals surface area (Å²) in [6.07, 6.45) is 7.11. The quantitative estimate of drug-likeness (QED) is 0.437. The van der Waals surface area contributed by atoms with Crippen LogP contribution in [0, 0.1) is 11.3 Å². The van der Waals surface area contributed by atoms with Crippen molar-refractivity contribution in [2.45, 2.75) is 73.3 Å². The number of benzene rings is 1. The third-order valence-corrected chi connectivity index (χ3v) is 6.56. The van der Waals surface area contributed by atoms with E-state index in [1.807, 2.05) is 45.9 Å². The molecule has 0 unspecified atom stereocenters. The minimum atomic E-state index is -0.936. The Kier molecular flexibility index (Phi) is 8.97. The van der Waals surface area contributed by atoms with Crippen LogP contribution in [0.1, 0.15) is 84.4 Å². The topological polar surface area (TPSA) is 69.6 Å². The second kappa shape index (κ2) is 11.0. The molecule has 0 aromatic heterocycles. The monoisotopic (exact) mass is 460 g/mol. The molecule has 0 saturated heterocycles. The standard InChI is InChI=1S/C26H37ClN2O3/c1-17(2)18(3)16-29(14-11-24(30)31)25(32)28-19(4)21-7-8-22(23(27)15-21)20-9-12-26(5,6)13-10-20/h7-9,15-17,19H,10-14H2,1-6H3,(H,28,32)(H,30,31)/b18-16+/t19-/m0/s1. The van der Waals surface area contributed by atoms with E-state index >= 15 is 0 Å². The molecule has 1 atom stereocenters. The molecule has 32 heavy (non-hydrogen) atoms. The summed E-state index contributed by atoms with van der Waals surface area (Å²) < 4.78 is 0. The Morgan fingerprint density at radius 3 is 2.50 bits per heavy atom. The molecule has 2 N–H and O–H groups in total. The molecule has 2 rings (SSSR count). The highest BCUT2D eigenvalue weighted by Gasteiger charge is 2.23. The van der Waals surface area contributed by atoms with Crippen molar-refractivity contribution in [3.05, 3.63) is 52.2 Å². The fourth-order valence-corrected chi connectivity index (χ4v) is 3.88. The van der Waals surface area contributed by atoms with Gasteiger partial charge in [-0.2, -0.15) is 0 Å². The van der Waals surface area contributed by atoms with E-state index in [2.05, 4.69) is 25.2 Å². The van der Waals surface area contributed by atoms with Crippen molar-refractivity contribution in [2.24, 2.45) is 11.3 Å². The second-order valence-corrected chi connectivity index (χ2v) is 10.3. The Balaban J connectivity index is 2.14. The summed E-state index contributed by atoms with van der Waals surface area (Å²) in [6.45, 7) is 12.6. The molecule has 176 valence electrons. The summed E-state index contributed by atoms with van der Waals surface area (Å²) >= 11 is 6.63. The SMILES string of the molecule is C/C(=C\N(CCC(=O)O)C(=O)N[C@@H](C)c1ccc(C2=CCC(C)(C)CC2)c(Cl)c1)C(C)C. The zero-order valence-electron chi connectivity index (χ0n) is 20.2. The number of carboxylic acid groups (broad SMARTS) is 1. The van der Waals surface area contributed by atoms with Gasteiger partial charge in [-0.15, -0.1) is 0 Å². The Morgan fingerprint density at radius 2 is 1.97 bits per heavy atom. The molecule has 0 bridgehead atoms. The summed E-state index contributed by atoms with van der Waals surface area (Å²) in [5, 5.41) is 12.7. The molecule has 0 fully saturated rings. The lowest BCUT2D eigenvalue weighted by molar-refractivity contribution is -0.137. The maximum atomic E-state index is 12.9. The van der Waals surface area contributed by atoms with Crippen LogP contribution < -0.4 is 5.32 Å². The zero-order chi connectivity index (χ0) is 24.1. The number of nitrogens with zero attached hydrogens (tertiary/aromatic N) is 1. The van der Waals surface area contributed by atoms with E-state index in [4.69, 9.17) is 16.7 Å². The predicted molar refractivity (Wildman–Crippen MR) is 132 cm³/mol. The third-order valence-electron chi connectivity index (χ3n) is 6.25. The number of nitrogens with one attached hydrogen (secondary N) is 1. The van der Waals surface area contributed by atoms with Crippen molar-refractivity contribution < 1.29 is 14.7 Å². The van der Waals surface area contributed by atoms with Gasteiger partial charge in [0, 0.05) is 17.8 Å². The highest BCUT2D eigenvalue weighted by atomic mass is 35.5. The van der Waals surface area contributed by atoms with Crippen LogP contribution >= 0.6 is 11.6 Å². The van der Waals surface area contributed by atoms with Crippen LogP contribution in [-0.4, -0.2) is 28.6 Å². The molecular formula is C26H37ClN2O3. The molecule has 0 aliphatic heterocycles. The van der Waals surface area contributed by atoms with Crippen LogP contribution in [0.15, 0.2) is 36.0 Å². The van der Waals surface area contributed by atoms with E-state index in [1.165, 1.54) is 10.5 Å². The number of hydrogen-bond donors (Lipinski definition) is 2. The lowest BCUT2D eigenvalue weighted by atomic mass is 9.77. The van der Waals surface area contributed by atoms with Gasteiger partial charge < -0.3 is 15.3 Å². The number of carbonyl (C=O) groups is 2. The number of allylic oxidation sites excluding steroid dienone is 3. The zero-order valence-corrected chi connectivity index (χ0v) is 20.9. The summed E-state index contributed by atoms with van der Waals surface area (Å²) in [5.74, 6) is -0.673. The van der Waals surface area contributed by atoms with Gasteiger partial charge in [0.25, 0.3) is 0 Å². The fourth-order valence-electron chi connectivity index (χ4n) is 3.57. The van der Waals surface area contributed by atoms with Crippen LogP contribution in [0.4, 0.5) is 4.79 Å². The second-order valence-electron chi connectivity index (χ2n) is 9.87. The first-order chi connectivity index (χ1) is 14.9. The average Bonchev–Trinajstić information content (AvgIpc) is 2.70. The van der Waals surface area contributed by atoms with E-state index < -0.39 is 5.97 Å². The molecule has 1 aromatic rings. The minimum absolute atomic E-state index is 0.113. The molecule has 0 radical (unpaired) electrons. The molecule has 1 aromatic carbocycles. The van der Waals surface area contributed by atoms with Gasteiger partial charge in [-0.1, -0.05) is 63.1 Å². The van der Waals surface area contributed by atoms with Gasteiger partial charge in [0.2, 0.25) is 0 Å². The van der Waals surface area contributed by atoms with E-state index in [9.17, 15) is 9.59 Å². The highest BCUT2D eigenvalue weighted by molar-refractivity contribution is 6.32. The Morgan fingerprint density at radius 1 is 1.28 bits per heavy atom. The number of carbonyl (C=O) groups excluding carboxylic acids is 1. The van der Waals surface area contributed by atoms with Gasteiger partial charge in [-0.25, -0.2) is 4.79 Å². The first-order valence-corrected chi connectivity index (χ1v) is 11.7. The van der Waals surface area contributed by atoms with Crippen molar-refractivity contribution in [3.63, 3.8) is 0 Å². The Labute approximate surface area is 197 Å². The smallest absolute Gasteiger partial charge is 0.321 e. The molecule has 5 nitrogen and oxygen atoms in total. The lowest BCUT2D eigenvalue weighted by Gasteiger charge is -2.29. The summed E-state index contributed by atoms with van der Waals surface area (Å²) in [4.78, 5) is 25.4. The van der Waals surface area contributed by atoms with E-state index in [0.29, 0.717) is 10.4 Å². The number of halogens is 1. The predicted octanol–water partition coefficient (Wildman–Crippen LogP) is 7.04. The summed E-state index contributed by atoms with van der Waals surface area (Å²) in [7, 11) is 0. The van der Waals surface area contributed by atoms with Crippen molar-refractivity contribution in [1.82, 2.24) is 10.2 Å². The van der Waals surface area contributed by atoms with Gasteiger partial charge >= 0.3 is 12.0 Å². The van der Waals surface area contributed by atoms with Crippen molar-refractivity contribution in [1.29, 1.82) is 0 Å². The van der Waals surface area contributed by atoms with E-state index in [-0.39, 0.29) is 31.0 Å². The number of rotatable bonds is 8. The molecule has 0 saturated carbocycles. The van der Waals surface area contributed by atoms with Gasteiger partial charge in [0.1, 0.15) is 0 Å². The third kappa shape index (κ3) is 7.40. The first kappa shape index (κ1) is 26.0. The van der Waals surface area contributed by atoms with Crippen LogP contribution in [0.5, 0.6) is 0 Å². The molecule has 6 heteroatoms. The van der Waals surface area contributed by atoms with Crippen LogP contribution in [0.25, 0.3) is 5.57 Å². The van der Waals surface area contributed by atoms with Crippen LogP contribution in [-0.2, 0) is 4.79 Å². The summed E-state index contributed by atoms with van der Waals surface area (Å²) in [5.41, 5.74) is 4.60. The lowest BCUT2D eigenvalue weighted by Crippen LogP contribution is -2.39. The summed E-state index contributed by atoms with van der Waals surface area (Å²) in [6, 6.07) is 5.36. The van der Waals surface area contributed by atoms with E-state index in [0.717, 1.165) is 36.0 Å². The molecule has 0 spiro atoms. The maximum absolute atomic E-state index is 12.9. The largest absolute Gasteiger partial charge is 0.481 e. The number of hydrogen-bond acceptors (Lipinski definition) is 2. The molecule has 1 aliphatic rings. The van der Waals surface area contributed by atoms with Gasteiger partial charge in [-0.3, -0.25) is 4.79 Å². The molecular weight excluding hydrogens is 424 g/mol. The molecule has 2 amide bonds. The maximum Gasteiger partial charge on any atom is 0.321 e. The number of urea groups is 1. The molecule has 1 aliphatic carbocycles. The van der Waals surface area contributed by atoms with Gasteiger partial charge in [0.05, 0.1) is 12.5 Å². The Hall–Kier alpha value is -2.27. The first-order valence-electron chi connectivity index (χ1n) is 11.4. The normalized spacial score (nSPS) is 17.0. The van der Waals surface area contributed by atoms with Crippen molar-refractivity contribution in [3.8, 4) is 0 Å². The van der Waals surface area contributed by atoms with Gasteiger partial charge in [-0.05, 0) is 67.2 Å². The average molecular weight is 461 g/mol. The number of aliphatic carboxylic acids is 1. The molecule has 0 heterocycles. The van der Waals surface area contributed by atoms with Crippen molar-refractivity contribution in [2.75, 3.05) is 6.54 Å². The highest BCUT2D eigenvalue weighted by Crippen LogP contribution is 2.40. The minimum Gasteiger partial charge on any atom is -0.481 e. The van der Waals surface area contributed by atoms with E-state index in [1.54, 1.807) is 6.20 Å². The number of amides is 2. The fraction of sp³-hybridized carbons (Fsp3) is 0.538. The van der Waals surface area contributed by atoms with Crippen LogP contribution in [0.2, 0.25) is 5.02 Å². The van der Waals surface area contributed by atoms with Crippen LogP contribution in [0.3, 0.4) is 0 Å². The number of carboxylic acids is 1. The van der Waals surface area contributed by atoms with Gasteiger partial charge in [0.15, 0.2) is 0 Å². The Bertz CT molecular complexity index is 902.